The quantitative estimate of drug-likeness (QED) is 0.612. The van der Waals surface area contributed by atoms with Gasteiger partial charge in [0.15, 0.2) is 0 Å². The lowest BCUT2D eigenvalue weighted by atomic mass is 10.2. The molecule has 94 valence electrons. The van der Waals surface area contributed by atoms with Gasteiger partial charge in [-0.1, -0.05) is 13.3 Å². The Hall–Kier alpha value is -1.58. The van der Waals surface area contributed by atoms with Gasteiger partial charge in [-0.15, -0.1) is 0 Å². The number of hydrogen-bond donors (Lipinski definition) is 1. The number of unbranched alkanes of at least 4 members (excludes halogenated alkanes) is 1. The van der Waals surface area contributed by atoms with Gasteiger partial charge in [0.1, 0.15) is 12.4 Å². The molecule has 0 atom stereocenters. The Morgan fingerprint density at radius 2 is 2.24 bits per heavy atom. The maximum Gasteiger partial charge on any atom is 0.325 e. The maximum atomic E-state index is 12.8. The van der Waals surface area contributed by atoms with Crippen LogP contribution in [0.15, 0.2) is 18.2 Å². The van der Waals surface area contributed by atoms with Crippen molar-refractivity contribution in [1.29, 1.82) is 0 Å². The fraction of sp³-hybridized carbons (Fsp3) is 0.462. The first kappa shape index (κ1) is 13.5. The molecule has 0 radical (unpaired) electrons. The average molecular weight is 239 g/mol. The molecule has 0 amide bonds. The standard InChI is InChI=1S/C13H18FNO2/c1-3-4-7-17-13(16)9-15-12-6-5-11(14)8-10(12)2/h5-6,8,15H,3-4,7,9H2,1-2H3. The largest absolute Gasteiger partial charge is 0.464 e. The molecule has 0 saturated heterocycles. The van der Waals surface area contributed by atoms with E-state index < -0.39 is 0 Å². The van der Waals surface area contributed by atoms with Crippen molar-refractivity contribution in [3.8, 4) is 0 Å². The highest BCUT2D eigenvalue weighted by Crippen LogP contribution is 2.15. The number of halogens is 1. The van der Waals surface area contributed by atoms with Gasteiger partial charge < -0.3 is 10.1 Å². The Labute approximate surface area is 101 Å². The number of hydrogen-bond acceptors (Lipinski definition) is 3. The van der Waals surface area contributed by atoms with Crippen molar-refractivity contribution < 1.29 is 13.9 Å². The lowest BCUT2D eigenvalue weighted by Gasteiger charge is -2.09. The topological polar surface area (TPSA) is 38.3 Å². The number of anilines is 1. The van der Waals surface area contributed by atoms with E-state index in [1.54, 1.807) is 13.0 Å². The van der Waals surface area contributed by atoms with Crippen LogP contribution in [0.25, 0.3) is 0 Å². The summed E-state index contributed by atoms with van der Waals surface area (Å²) in [5.41, 5.74) is 1.52. The van der Waals surface area contributed by atoms with Crippen LogP contribution in [-0.2, 0) is 9.53 Å². The average Bonchev–Trinajstić information content (AvgIpc) is 2.28. The molecule has 0 aliphatic rings. The van der Waals surface area contributed by atoms with Gasteiger partial charge in [0.2, 0.25) is 0 Å². The third-order valence-electron chi connectivity index (χ3n) is 2.37. The number of esters is 1. The van der Waals surface area contributed by atoms with Crippen LogP contribution in [0.5, 0.6) is 0 Å². The number of rotatable bonds is 6. The third-order valence-corrected chi connectivity index (χ3v) is 2.37. The normalized spacial score (nSPS) is 10.1. The van der Waals surface area contributed by atoms with Gasteiger partial charge in [-0.3, -0.25) is 4.79 Å². The molecular formula is C13H18FNO2. The first-order valence-corrected chi connectivity index (χ1v) is 5.79. The Morgan fingerprint density at radius 3 is 2.88 bits per heavy atom. The minimum Gasteiger partial charge on any atom is -0.464 e. The molecule has 1 aromatic rings. The monoisotopic (exact) mass is 239 g/mol. The van der Waals surface area contributed by atoms with Gasteiger partial charge in [0.05, 0.1) is 6.61 Å². The fourth-order valence-electron chi connectivity index (χ4n) is 1.37. The summed E-state index contributed by atoms with van der Waals surface area (Å²) in [6, 6.07) is 4.40. The fourth-order valence-corrected chi connectivity index (χ4v) is 1.37. The van der Waals surface area contributed by atoms with E-state index in [0.717, 1.165) is 24.1 Å². The maximum absolute atomic E-state index is 12.8. The second-order valence-corrected chi connectivity index (χ2v) is 3.89. The lowest BCUT2D eigenvalue weighted by molar-refractivity contribution is -0.141. The molecule has 0 unspecified atom stereocenters. The molecule has 0 aliphatic carbocycles. The molecular weight excluding hydrogens is 221 g/mol. The molecule has 0 aromatic heterocycles. The molecule has 0 fully saturated rings. The summed E-state index contributed by atoms with van der Waals surface area (Å²) in [7, 11) is 0. The van der Waals surface area contributed by atoms with Crippen LogP contribution in [0.1, 0.15) is 25.3 Å². The number of carbonyl (C=O) groups excluding carboxylic acids is 1. The highest BCUT2D eigenvalue weighted by molar-refractivity contribution is 5.75. The van der Waals surface area contributed by atoms with Crippen molar-refractivity contribution in [3.05, 3.63) is 29.6 Å². The number of benzene rings is 1. The molecule has 17 heavy (non-hydrogen) atoms. The van der Waals surface area contributed by atoms with Crippen LogP contribution >= 0.6 is 0 Å². The predicted molar refractivity (Wildman–Crippen MR) is 65.5 cm³/mol. The van der Waals surface area contributed by atoms with E-state index >= 15 is 0 Å². The molecule has 3 nitrogen and oxygen atoms in total. The summed E-state index contributed by atoms with van der Waals surface area (Å²) in [4.78, 5) is 11.3. The van der Waals surface area contributed by atoms with Crippen molar-refractivity contribution >= 4 is 11.7 Å². The van der Waals surface area contributed by atoms with E-state index in [0.29, 0.717) is 6.61 Å². The molecule has 1 aromatic carbocycles. The van der Waals surface area contributed by atoms with Crippen LogP contribution in [0.4, 0.5) is 10.1 Å². The highest BCUT2D eigenvalue weighted by Gasteiger charge is 2.04. The van der Waals surface area contributed by atoms with Crippen LogP contribution in [0.3, 0.4) is 0 Å². The SMILES string of the molecule is CCCCOC(=O)CNc1ccc(F)cc1C. The summed E-state index contributed by atoms with van der Waals surface area (Å²) in [5, 5.41) is 2.93. The molecule has 0 saturated carbocycles. The van der Waals surface area contributed by atoms with Gasteiger partial charge >= 0.3 is 5.97 Å². The zero-order valence-corrected chi connectivity index (χ0v) is 10.3. The van der Waals surface area contributed by atoms with Crippen LogP contribution in [0.2, 0.25) is 0 Å². The molecule has 1 N–H and O–H groups in total. The molecule has 0 spiro atoms. The van der Waals surface area contributed by atoms with Crippen LogP contribution < -0.4 is 5.32 Å². The number of aryl methyl sites for hydroxylation is 1. The van der Waals surface area contributed by atoms with Crippen LogP contribution in [0, 0.1) is 12.7 Å². The lowest BCUT2D eigenvalue weighted by Crippen LogP contribution is -2.17. The molecule has 0 aliphatic heterocycles. The van der Waals surface area contributed by atoms with E-state index in [4.69, 9.17) is 4.74 Å². The van der Waals surface area contributed by atoms with E-state index in [-0.39, 0.29) is 18.3 Å². The number of nitrogens with one attached hydrogen (secondary N) is 1. The second kappa shape index (κ2) is 6.89. The number of carbonyl (C=O) groups is 1. The van der Waals surface area contributed by atoms with Gasteiger partial charge in [0.25, 0.3) is 0 Å². The Bertz CT molecular complexity index is 380. The van der Waals surface area contributed by atoms with Gasteiger partial charge in [-0.2, -0.15) is 0 Å². The first-order valence-electron chi connectivity index (χ1n) is 5.79. The highest BCUT2D eigenvalue weighted by atomic mass is 19.1. The predicted octanol–water partition coefficient (Wildman–Crippen LogP) is 2.89. The van der Waals surface area contributed by atoms with E-state index in [9.17, 15) is 9.18 Å². The summed E-state index contributed by atoms with van der Waals surface area (Å²) in [6.07, 6.45) is 1.87. The van der Waals surface area contributed by atoms with Crippen molar-refractivity contribution in [2.75, 3.05) is 18.5 Å². The number of ether oxygens (including phenoxy) is 1. The van der Waals surface area contributed by atoms with E-state index in [2.05, 4.69) is 5.32 Å². The minimum atomic E-state index is -0.290. The minimum absolute atomic E-state index is 0.107. The zero-order chi connectivity index (χ0) is 12.7. The summed E-state index contributed by atoms with van der Waals surface area (Å²) in [6.45, 7) is 4.39. The first-order chi connectivity index (χ1) is 8.13. The molecule has 0 bridgehead atoms. The summed E-state index contributed by atoms with van der Waals surface area (Å²) < 4.78 is 17.8. The van der Waals surface area contributed by atoms with Crippen molar-refractivity contribution in [1.82, 2.24) is 0 Å². The third kappa shape index (κ3) is 4.85. The summed E-state index contributed by atoms with van der Waals surface area (Å²) in [5.74, 6) is -0.569. The van der Waals surface area contributed by atoms with Gasteiger partial charge in [-0.25, -0.2) is 4.39 Å². The van der Waals surface area contributed by atoms with E-state index in [1.165, 1.54) is 12.1 Å². The zero-order valence-electron chi connectivity index (χ0n) is 10.3. The van der Waals surface area contributed by atoms with Crippen molar-refractivity contribution in [2.45, 2.75) is 26.7 Å². The Balaban J connectivity index is 2.37. The Kier molecular flexibility index (Phi) is 5.46. The molecule has 0 heterocycles. The smallest absolute Gasteiger partial charge is 0.325 e. The molecule has 4 heteroatoms. The van der Waals surface area contributed by atoms with E-state index in [1.807, 2.05) is 6.92 Å². The van der Waals surface area contributed by atoms with Gasteiger partial charge in [-0.05, 0) is 37.1 Å². The Morgan fingerprint density at radius 1 is 1.47 bits per heavy atom. The van der Waals surface area contributed by atoms with Crippen molar-refractivity contribution in [2.24, 2.45) is 0 Å². The second-order valence-electron chi connectivity index (χ2n) is 3.89. The van der Waals surface area contributed by atoms with Crippen LogP contribution in [-0.4, -0.2) is 19.1 Å². The van der Waals surface area contributed by atoms with Gasteiger partial charge in [0, 0.05) is 5.69 Å². The summed E-state index contributed by atoms with van der Waals surface area (Å²) >= 11 is 0. The molecule has 1 rings (SSSR count). The van der Waals surface area contributed by atoms with Crippen molar-refractivity contribution in [3.63, 3.8) is 0 Å².